The largest absolute Gasteiger partial charge is 0.444 e. The van der Waals surface area contributed by atoms with Crippen molar-refractivity contribution in [3.05, 3.63) is 42.1 Å². The Bertz CT molecular complexity index is 1460. The van der Waals surface area contributed by atoms with E-state index in [0.29, 0.717) is 37.0 Å². The number of carbonyl (C=O) groups is 1. The summed E-state index contributed by atoms with van der Waals surface area (Å²) in [7, 11) is -3.59. The van der Waals surface area contributed by atoms with Crippen molar-refractivity contribution in [3.8, 4) is 17.7 Å². The highest BCUT2D eigenvalue weighted by molar-refractivity contribution is 7.90. The number of hydrogen-bond acceptors (Lipinski definition) is 8. The van der Waals surface area contributed by atoms with Gasteiger partial charge in [-0.05, 0) is 51.8 Å². The predicted octanol–water partition coefficient (Wildman–Crippen LogP) is 4.21. The molecule has 1 aromatic carbocycles. The number of aromatic nitrogens is 3. The van der Waals surface area contributed by atoms with Crippen molar-refractivity contribution >= 4 is 27.0 Å². The van der Waals surface area contributed by atoms with Crippen LogP contribution >= 0.6 is 0 Å². The fourth-order valence-corrected chi connectivity index (χ4v) is 4.68. The third-order valence-electron chi connectivity index (χ3n) is 5.74. The van der Waals surface area contributed by atoms with Gasteiger partial charge in [0.25, 0.3) is 0 Å². The van der Waals surface area contributed by atoms with E-state index >= 15 is 0 Å². The molecule has 0 aliphatic carbocycles. The number of hydrogen-bond donors (Lipinski definition) is 0. The molecule has 12 heteroatoms. The van der Waals surface area contributed by atoms with Crippen LogP contribution < -0.4 is 4.74 Å². The van der Waals surface area contributed by atoms with Crippen LogP contribution in [-0.2, 0) is 14.6 Å². The predicted molar refractivity (Wildman–Crippen MR) is 128 cm³/mol. The van der Waals surface area contributed by atoms with Gasteiger partial charge in [0.05, 0.1) is 15.8 Å². The number of fused-ring (bicyclic) bond motifs is 1. The van der Waals surface area contributed by atoms with Gasteiger partial charge in [0.15, 0.2) is 21.4 Å². The van der Waals surface area contributed by atoms with Crippen molar-refractivity contribution in [1.29, 1.82) is 5.26 Å². The number of sulfone groups is 1. The van der Waals surface area contributed by atoms with E-state index in [4.69, 9.17) is 9.47 Å². The molecule has 2 aromatic heterocycles. The third-order valence-corrected chi connectivity index (χ3v) is 6.85. The molecule has 10 nitrogen and oxygen atoms in total. The minimum absolute atomic E-state index is 0.0208. The van der Waals surface area contributed by atoms with Gasteiger partial charge in [-0.25, -0.2) is 27.6 Å². The second-order valence-electron chi connectivity index (χ2n) is 9.60. The van der Waals surface area contributed by atoms with Crippen molar-refractivity contribution in [2.45, 2.75) is 50.2 Å². The van der Waals surface area contributed by atoms with Crippen LogP contribution in [0.4, 0.5) is 9.18 Å². The molecule has 190 valence electrons. The Labute approximate surface area is 208 Å². The fraction of sp³-hybridized carbons (Fsp3) is 0.417. The normalized spacial score (nSPS) is 15.1. The Morgan fingerprint density at radius 3 is 2.50 bits per heavy atom. The van der Waals surface area contributed by atoms with Crippen LogP contribution in [0.1, 0.15) is 45.2 Å². The number of carbonyl (C=O) groups excluding carboxylic acids is 1. The lowest BCUT2D eigenvalue weighted by molar-refractivity contribution is 0.0189. The van der Waals surface area contributed by atoms with E-state index in [2.05, 4.69) is 16.0 Å². The average molecular weight is 516 g/mol. The van der Waals surface area contributed by atoms with Crippen molar-refractivity contribution in [1.82, 2.24) is 19.4 Å². The molecule has 0 bridgehead atoms. The van der Waals surface area contributed by atoms with Crippen LogP contribution in [0.3, 0.4) is 0 Å². The maximum Gasteiger partial charge on any atom is 0.410 e. The Hall–Kier alpha value is -3.72. The van der Waals surface area contributed by atoms with Gasteiger partial charge in [-0.15, -0.1) is 0 Å². The topological polar surface area (TPSA) is 127 Å². The van der Waals surface area contributed by atoms with Gasteiger partial charge in [0.2, 0.25) is 5.88 Å². The zero-order valence-electron chi connectivity index (χ0n) is 20.4. The molecule has 0 N–H and O–H groups in total. The van der Waals surface area contributed by atoms with Gasteiger partial charge in [-0.2, -0.15) is 5.26 Å². The monoisotopic (exact) mass is 515 g/mol. The molecule has 1 aliphatic rings. The number of ether oxygens (including phenoxy) is 2. The lowest BCUT2D eigenvalue weighted by atomic mass is 10.1. The van der Waals surface area contributed by atoms with E-state index in [0.717, 1.165) is 12.3 Å². The number of piperidine rings is 1. The molecule has 0 spiro atoms. The minimum atomic E-state index is -3.59. The molecule has 36 heavy (non-hydrogen) atoms. The first kappa shape index (κ1) is 25.4. The number of halogens is 1. The highest BCUT2D eigenvalue weighted by Gasteiger charge is 2.29. The first-order chi connectivity index (χ1) is 16.9. The highest BCUT2D eigenvalue weighted by atomic mass is 32.2. The Balaban J connectivity index is 1.61. The number of rotatable bonds is 4. The molecule has 1 fully saturated rings. The SMILES string of the molecule is CC(C)(C)OC(=O)N1CCC(n2cc(C#N)c3c(Oc4ccc(S(C)(=O)=O)cc4F)ncnc32)CC1. The van der Waals surface area contributed by atoms with Crippen molar-refractivity contribution in [2.75, 3.05) is 19.3 Å². The van der Waals surface area contributed by atoms with Crippen molar-refractivity contribution in [2.24, 2.45) is 0 Å². The Morgan fingerprint density at radius 1 is 1.22 bits per heavy atom. The molecule has 0 unspecified atom stereocenters. The van der Waals surface area contributed by atoms with Crippen molar-refractivity contribution in [3.63, 3.8) is 0 Å². The second kappa shape index (κ2) is 9.39. The van der Waals surface area contributed by atoms with Crippen LogP contribution in [0.15, 0.2) is 35.6 Å². The molecule has 4 rings (SSSR count). The summed E-state index contributed by atoms with van der Waals surface area (Å²) in [6.07, 6.45) is 4.77. The quantitative estimate of drug-likeness (QED) is 0.506. The summed E-state index contributed by atoms with van der Waals surface area (Å²) in [6, 6.07) is 5.39. The molecule has 1 aliphatic heterocycles. The van der Waals surface area contributed by atoms with Gasteiger partial charge in [0, 0.05) is 31.6 Å². The van der Waals surface area contributed by atoms with Crippen LogP contribution in [-0.4, -0.2) is 58.9 Å². The molecule has 0 radical (unpaired) electrons. The smallest absolute Gasteiger partial charge is 0.410 e. The maximum atomic E-state index is 14.6. The standard InChI is InChI=1S/C24H26FN5O5S/c1-24(2,3)35-23(31)29-9-7-16(8-10-29)30-13-15(12-26)20-21(30)27-14-28-22(20)34-19-6-5-17(11-18(19)25)36(4,32)33/h5-6,11,13-14,16H,7-10H2,1-4H3. The van der Waals surface area contributed by atoms with E-state index in [1.807, 2.05) is 25.3 Å². The summed E-state index contributed by atoms with van der Waals surface area (Å²) in [5.41, 5.74) is 0.119. The fourth-order valence-electron chi connectivity index (χ4n) is 4.05. The molecular weight excluding hydrogens is 489 g/mol. The number of nitriles is 1. The van der Waals surface area contributed by atoms with Crippen LogP contribution in [0.25, 0.3) is 11.0 Å². The minimum Gasteiger partial charge on any atom is -0.444 e. The molecule has 0 saturated carbocycles. The number of amides is 1. The Morgan fingerprint density at radius 2 is 1.92 bits per heavy atom. The van der Waals surface area contributed by atoms with Crippen molar-refractivity contribution < 1.29 is 27.1 Å². The number of nitrogens with zero attached hydrogens (tertiary/aromatic N) is 5. The summed E-state index contributed by atoms with van der Waals surface area (Å²) < 4.78 is 51.0. The van der Waals surface area contributed by atoms with Gasteiger partial charge in [0.1, 0.15) is 23.6 Å². The lowest BCUT2D eigenvalue weighted by Crippen LogP contribution is -2.42. The van der Waals surface area contributed by atoms with Gasteiger partial charge in [-0.1, -0.05) is 0 Å². The first-order valence-corrected chi connectivity index (χ1v) is 13.2. The van der Waals surface area contributed by atoms with Gasteiger partial charge in [-0.3, -0.25) is 0 Å². The maximum absolute atomic E-state index is 14.6. The summed E-state index contributed by atoms with van der Waals surface area (Å²) in [5, 5.41) is 10.1. The summed E-state index contributed by atoms with van der Waals surface area (Å²) >= 11 is 0. The second-order valence-corrected chi connectivity index (χ2v) is 11.6. The summed E-state index contributed by atoms with van der Waals surface area (Å²) in [6.45, 7) is 6.41. The number of benzene rings is 1. The molecule has 3 aromatic rings. The van der Waals surface area contributed by atoms with E-state index in [-0.39, 0.29) is 34.2 Å². The third kappa shape index (κ3) is 5.26. The molecule has 1 saturated heterocycles. The lowest BCUT2D eigenvalue weighted by Gasteiger charge is -2.34. The van der Waals surface area contributed by atoms with Crippen LogP contribution in [0.2, 0.25) is 0 Å². The zero-order chi connectivity index (χ0) is 26.3. The summed E-state index contributed by atoms with van der Waals surface area (Å²) in [5.74, 6) is -1.13. The average Bonchev–Trinajstić information content (AvgIpc) is 3.18. The molecular formula is C24H26FN5O5S. The van der Waals surface area contributed by atoms with E-state index in [1.165, 1.54) is 18.5 Å². The van der Waals surface area contributed by atoms with E-state index in [1.54, 1.807) is 11.1 Å². The van der Waals surface area contributed by atoms with Crippen LogP contribution in [0, 0.1) is 17.1 Å². The van der Waals surface area contributed by atoms with Crippen LogP contribution in [0.5, 0.6) is 11.6 Å². The summed E-state index contributed by atoms with van der Waals surface area (Å²) in [4.78, 5) is 22.3. The van der Waals surface area contributed by atoms with Gasteiger partial charge >= 0.3 is 6.09 Å². The molecule has 1 amide bonds. The number of likely N-dealkylation sites (tertiary alicyclic amines) is 1. The van der Waals surface area contributed by atoms with E-state index < -0.39 is 21.3 Å². The zero-order valence-corrected chi connectivity index (χ0v) is 21.2. The molecule has 3 heterocycles. The van der Waals surface area contributed by atoms with E-state index in [9.17, 15) is 22.9 Å². The Kier molecular flexibility index (Phi) is 6.62. The highest BCUT2D eigenvalue weighted by Crippen LogP contribution is 2.35. The molecule has 0 atom stereocenters. The van der Waals surface area contributed by atoms with Gasteiger partial charge < -0.3 is 18.9 Å². The first-order valence-electron chi connectivity index (χ1n) is 11.3.